The van der Waals surface area contributed by atoms with Crippen molar-refractivity contribution in [3.63, 3.8) is 0 Å². The lowest BCUT2D eigenvalue weighted by molar-refractivity contribution is -0.171. The van der Waals surface area contributed by atoms with Crippen LogP contribution in [0.1, 0.15) is 35.1 Å². The number of hydroxylamine groups is 2. The van der Waals surface area contributed by atoms with Crippen LogP contribution < -0.4 is 5.73 Å². The van der Waals surface area contributed by atoms with Crippen LogP contribution in [0, 0.1) is 0 Å². The Morgan fingerprint density at radius 2 is 1.69 bits per heavy atom. The van der Waals surface area contributed by atoms with Gasteiger partial charge in [0.25, 0.3) is 0 Å². The molecule has 2 aliphatic carbocycles. The average molecular weight is 521 g/mol. The molecule has 0 aromatic heterocycles. The summed E-state index contributed by atoms with van der Waals surface area (Å²) in [4.78, 5) is 21.4. The van der Waals surface area contributed by atoms with E-state index >= 15 is 0 Å². The molecule has 152 valence electrons. The highest BCUT2D eigenvalue weighted by molar-refractivity contribution is 9.10. The number of Topliss-reactive ketones (excluding diaryl/α,β-unsaturated/α-hetero) is 1. The van der Waals surface area contributed by atoms with Crippen LogP contribution in [0.4, 0.5) is 0 Å². The molecule has 1 spiro atoms. The average Bonchev–Trinajstić information content (AvgIpc) is 2.95. The number of fused-ring (bicyclic) bond motifs is 2. The number of nitrogens with zero attached hydrogens (tertiary/aromatic N) is 2. The third kappa shape index (κ3) is 4.27. The van der Waals surface area contributed by atoms with Gasteiger partial charge in [-0.1, -0.05) is 56.1 Å². The minimum absolute atomic E-state index is 0.362. The summed E-state index contributed by atoms with van der Waals surface area (Å²) in [5.41, 5.74) is 10.5. The molecule has 1 unspecified atom stereocenters. The first-order valence-corrected chi connectivity index (χ1v) is 11.3. The Hall–Kier alpha value is -1.70. The second kappa shape index (κ2) is 8.20. The Morgan fingerprint density at radius 3 is 2.34 bits per heavy atom. The van der Waals surface area contributed by atoms with Crippen LogP contribution in [0.5, 0.6) is 0 Å². The SMILES string of the molecule is CN1OC2(CCc3c(Br)cccc3C2)N=C1N.O=C1CCc2c(Br)cccc2C1. The summed E-state index contributed by atoms with van der Waals surface area (Å²) < 4.78 is 2.32. The predicted octanol–water partition coefficient (Wildman–Crippen LogP) is 4.33. The summed E-state index contributed by atoms with van der Waals surface area (Å²) in [6.45, 7) is 0. The summed E-state index contributed by atoms with van der Waals surface area (Å²) in [6, 6.07) is 12.3. The third-order valence-corrected chi connectivity index (χ3v) is 7.14. The van der Waals surface area contributed by atoms with E-state index in [-0.39, 0.29) is 0 Å². The molecule has 5 rings (SSSR count). The van der Waals surface area contributed by atoms with Crippen molar-refractivity contribution in [2.45, 2.75) is 44.2 Å². The molecule has 2 N–H and O–H groups in total. The molecule has 0 bridgehead atoms. The maximum absolute atomic E-state index is 11.1. The van der Waals surface area contributed by atoms with Gasteiger partial charge in [-0.2, -0.15) is 0 Å². The Morgan fingerprint density at radius 1 is 1.03 bits per heavy atom. The van der Waals surface area contributed by atoms with Crippen molar-refractivity contribution in [3.8, 4) is 0 Å². The summed E-state index contributed by atoms with van der Waals surface area (Å²) in [6.07, 6.45) is 4.84. The molecule has 0 fully saturated rings. The normalized spacial score (nSPS) is 22.5. The molecule has 0 saturated heterocycles. The van der Waals surface area contributed by atoms with Crippen molar-refractivity contribution in [2.24, 2.45) is 10.7 Å². The molecule has 29 heavy (non-hydrogen) atoms. The number of hydrogen-bond acceptors (Lipinski definition) is 5. The first-order valence-electron chi connectivity index (χ1n) is 9.69. The lowest BCUT2D eigenvalue weighted by Gasteiger charge is -2.31. The van der Waals surface area contributed by atoms with Crippen molar-refractivity contribution in [1.29, 1.82) is 0 Å². The van der Waals surface area contributed by atoms with Gasteiger partial charge in [-0.15, -0.1) is 0 Å². The maximum atomic E-state index is 11.1. The molecule has 2 aromatic carbocycles. The van der Waals surface area contributed by atoms with Crippen LogP contribution >= 0.6 is 31.9 Å². The standard InChI is InChI=1S/C12H14BrN3O.C10H9BrO/c1-16-11(14)15-12(17-16)6-5-9-8(7-12)3-2-4-10(9)13;11-10-3-1-2-7-6-8(12)4-5-9(7)10/h2-4H,5-7H2,1H3,(H2,14,15);1-3H,4-6H2. The van der Waals surface area contributed by atoms with Crippen LogP contribution in [0.15, 0.2) is 50.3 Å². The van der Waals surface area contributed by atoms with Crippen molar-refractivity contribution >= 4 is 43.6 Å². The highest BCUT2D eigenvalue weighted by atomic mass is 79.9. The van der Waals surface area contributed by atoms with Gasteiger partial charge < -0.3 is 5.73 Å². The summed E-state index contributed by atoms with van der Waals surface area (Å²) in [5, 5.41) is 1.56. The fourth-order valence-corrected chi connectivity index (χ4v) is 5.35. The van der Waals surface area contributed by atoms with Gasteiger partial charge in [0.1, 0.15) is 5.78 Å². The largest absolute Gasteiger partial charge is 0.368 e. The van der Waals surface area contributed by atoms with Crippen molar-refractivity contribution in [3.05, 3.63) is 67.6 Å². The first kappa shape index (κ1) is 20.6. The number of carbonyl (C=O) groups excluding carboxylic acids is 1. The van der Waals surface area contributed by atoms with E-state index in [0.717, 1.165) is 30.2 Å². The topological polar surface area (TPSA) is 67.9 Å². The van der Waals surface area contributed by atoms with Gasteiger partial charge in [-0.25, -0.2) is 14.9 Å². The molecular weight excluding hydrogens is 498 g/mol. The van der Waals surface area contributed by atoms with Crippen LogP contribution in [-0.4, -0.2) is 29.6 Å². The number of halogens is 2. The predicted molar refractivity (Wildman–Crippen MR) is 121 cm³/mol. The van der Waals surface area contributed by atoms with Crippen molar-refractivity contribution in [2.75, 3.05) is 7.05 Å². The fraction of sp³-hybridized carbons (Fsp3) is 0.364. The van der Waals surface area contributed by atoms with Gasteiger partial charge in [-0.05, 0) is 47.2 Å². The number of hydrogen-bond donors (Lipinski definition) is 1. The quantitative estimate of drug-likeness (QED) is 0.561. The zero-order chi connectivity index (χ0) is 20.6. The molecular formula is C22H23Br2N3O2. The molecule has 1 heterocycles. The van der Waals surface area contributed by atoms with E-state index in [1.807, 2.05) is 24.3 Å². The van der Waals surface area contributed by atoms with Crippen molar-refractivity contribution < 1.29 is 9.63 Å². The van der Waals surface area contributed by atoms with E-state index in [1.165, 1.54) is 26.7 Å². The monoisotopic (exact) mass is 519 g/mol. The second-order valence-electron chi connectivity index (χ2n) is 7.65. The van der Waals surface area contributed by atoms with E-state index in [9.17, 15) is 4.79 Å². The van der Waals surface area contributed by atoms with Gasteiger partial charge >= 0.3 is 0 Å². The molecule has 1 aliphatic heterocycles. The number of guanidine groups is 1. The van der Waals surface area contributed by atoms with Crippen LogP contribution in [0.3, 0.4) is 0 Å². The first-order chi connectivity index (χ1) is 13.9. The van der Waals surface area contributed by atoms with Gasteiger partial charge in [0.2, 0.25) is 5.96 Å². The molecule has 0 radical (unpaired) electrons. The zero-order valence-electron chi connectivity index (χ0n) is 16.3. The minimum atomic E-state index is -0.480. The molecule has 1 atom stereocenters. The lowest BCUT2D eigenvalue weighted by Crippen LogP contribution is -2.37. The zero-order valence-corrected chi connectivity index (χ0v) is 19.4. The van der Waals surface area contributed by atoms with Crippen molar-refractivity contribution in [1.82, 2.24) is 5.06 Å². The minimum Gasteiger partial charge on any atom is -0.368 e. The smallest absolute Gasteiger partial charge is 0.218 e. The van der Waals surface area contributed by atoms with Gasteiger partial charge in [-0.3, -0.25) is 4.79 Å². The highest BCUT2D eigenvalue weighted by Crippen LogP contribution is 2.38. The van der Waals surface area contributed by atoms with E-state index < -0.39 is 5.72 Å². The summed E-state index contributed by atoms with van der Waals surface area (Å²) in [5.74, 6) is 0.823. The Labute approximate surface area is 187 Å². The number of benzene rings is 2. The third-order valence-electron chi connectivity index (χ3n) is 5.65. The number of aliphatic imine (C=N–C) groups is 1. The Balaban J connectivity index is 0.000000150. The maximum Gasteiger partial charge on any atom is 0.218 e. The Bertz CT molecular complexity index is 992. The van der Waals surface area contributed by atoms with Gasteiger partial charge in [0, 0.05) is 41.7 Å². The molecule has 2 aromatic rings. The lowest BCUT2D eigenvalue weighted by atomic mass is 9.86. The molecule has 0 saturated carbocycles. The van der Waals surface area contributed by atoms with Gasteiger partial charge in [0.15, 0.2) is 5.72 Å². The molecule has 7 heteroatoms. The number of ketones is 1. The van der Waals surface area contributed by atoms with Gasteiger partial charge in [0.05, 0.1) is 0 Å². The van der Waals surface area contributed by atoms with E-state index in [2.05, 4.69) is 49.0 Å². The Kier molecular flexibility index (Phi) is 5.82. The van der Waals surface area contributed by atoms with E-state index in [1.54, 1.807) is 12.1 Å². The molecule has 5 nitrogen and oxygen atoms in total. The molecule has 0 amide bonds. The summed E-state index contributed by atoms with van der Waals surface area (Å²) >= 11 is 7.08. The number of rotatable bonds is 0. The summed E-state index contributed by atoms with van der Waals surface area (Å²) in [7, 11) is 1.80. The fourth-order valence-electron chi connectivity index (χ4n) is 4.14. The second-order valence-corrected chi connectivity index (χ2v) is 9.36. The highest BCUT2D eigenvalue weighted by Gasteiger charge is 2.42. The number of nitrogens with two attached hydrogens (primary N) is 1. The van der Waals surface area contributed by atoms with Crippen LogP contribution in [-0.2, 0) is 35.3 Å². The van der Waals surface area contributed by atoms with Crippen LogP contribution in [0.25, 0.3) is 0 Å². The van der Waals surface area contributed by atoms with E-state index in [4.69, 9.17) is 10.6 Å². The van der Waals surface area contributed by atoms with Crippen LogP contribution in [0.2, 0.25) is 0 Å². The molecule has 3 aliphatic rings. The van der Waals surface area contributed by atoms with E-state index in [0.29, 0.717) is 24.6 Å². The number of carbonyl (C=O) groups is 1.